The van der Waals surface area contributed by atoms with Gasteiger partial charge in [0.2, 0.25) is 0 Å². The van der Waals surface area contributed by atoms with Gasteiger partial charge < -0.3 is 15.1 Å². The molecule has 0 aliphatic carbocycles. The molecule has 2 aromatic rings. The summed E-state index contributed by atoms with van der Waals surface area (Å²) < 4.78 is 0. The van der Waals surface area contributed by atoms with Crippen molar-refractivity contribution < 1.29 is 4.79 Å². The molecule has 1 unspecified atom stereocenters. The average molecular weight is 372 g/mol. The van der Waals surface area contributed by atoms with Crippen LogP contribution in [0.4, 0.5) is 10.5 Å². The van der Waals surface area contributed by atoms with Gasteiger partial charge in [0, 0.05) is 26.2 Å². The van der Waals surface area contributed by atoms with E-state index in [2.05, 4.69) is 36.2 Å². The topological polar surface area (TPSA) is 35.6 Å². The Labute approximate surface area is 160 Å². The Morgan fingerprint density at radius 3 is 2.19 bits per heavy atom. The van der Waals surface area contributed by atoms with Crippen molar-refractivity contribution in [3.8, 4) is 0 Å². The number of benzene rings is 2. The second-order valence-corrected chi connectivity index (χ2v) is 7.41. The zero-order chi connectivity index (χ0) is 18.5. The van der Waals surface area contributed by atoms with E-state index in [1.54, 1.807) is 0 Å². The van der Waals surface area contributed by atoms with Crippen LogP contribution in [0.2, 0.25) is 5.02 Å². The Bertz CT molecular complexity index is 727. The number of hydrogen-bond donors (Lipinski definition) is 1. The zero-order valence-corrected chi connectivity index (χ0v) is 16.1. The number of urea groups is 1. The fourth-order valence-electron chi connectivity index (χ4n) is 3.38. The van der Waals surface area contributed by atoms with E-state index in [1.165, 1.54) is 0 Å². The second-order valence-electron chi connectivity index (χ2n) is 7.01. The largest absolute Gasteiger partial charge is 0.367 e. The van der Waals surface area contributed by atoms with Crippen molar-refractivity contribution in [2.45, 2.75) is 19.9 Å². The number of carbonyl (C=O) groups is 1. The SMILES string of the molecule is CC(C)C(NC(=O)N1CCN(c2ccccc2Cl)CC1)c1ccccc1. The fraction of sp³-hybridized carbons (Fsp3) is 0.381. The van der Waals surface area contributed by atoms with Crippen LogP contribution < -0.4 is 10.2 Å². The summed E-state index contributed by atoms with van der Waals surface area (Å²) in [6, 6.07) is 18.1. The van der Waals surface area contributed by atoms with Crippen molar-refractivity contribution in [3.63, 3.8) is 0 Å². The van der Waals surface area contributed by atoms with Crippen molar-refractivity contribution in [1.82, 2.24) is 10.2 Å². The van der Waals surface area contributed by atoms with Crippen LogP contribution in [0, 0.1) is 5.92 Å². The molecule has 0 aromatic heterocycles. The van der Waals surface area contributed by atoms with E-state index in [0.29, 0.717) is 19.0 Å². The predicted molar refractivity (Wildman–Crippen MR) is 108 cm³/mol. The molecule has 1 aliphatic heterocycles. The van der Waals surface area contributed by atoms with E-state index < -0.39 is 0 Å². The molecular weight excluding hydrogens is 346 g/mol. The smallest absolute Gasteiger partial charge is 0.318 e. The van der Waals surface area contributed by atoms with Gasteiger partial charge in [-0.25, -0.2) is 4.79 Å². The molecule has 26 heavy (non-hydrogen) atoms. The molecule has 1 atom stereocenters. The van der Waals surface area contributed by atoms with Gasteiger partial charge in [0.15, 0.2) is 0 Å². The highest BCUT2D eigenvalue weighted by Crippen LogP contribution is 2.26. The lowest BCUT2D eigenvalue weighted by Gasteiger charge is -2.37. The number of nitrogens with zero attached hydrogens (tertiary/aromatic N) is 2. The number of carbonyl (C=O) groups excluding carboxylic acids is 1. The first-order chi connectivity index (χ1) is 12.6. The van der Waals surface area contributed by atoms with Crippen LogP contribution in [0.25, 0.3) is 0 Å². The molecule has 2 aromatic carbocycles. The molecule has 4 nitrogen and oxygen atoms in total. The number of amides is 2. The van der Waals surface area contributed by atoms with Crippen LogP contribution >= 0.6 is 11.6 Å². The number of halogens is 1. The Hall–Kier alpha value is -2.20. The van der Waals surface area contributed by atoms with E-state index in [9.17, 15) is 4.79 Å². The van der Waals surface area contributed by atoms with Gasteiger partial charge in [-0.1, -0.05) is 67.9 Å². The molecule has 0 radical (unpaired) electrons. The van der Waals surface area contributed by atoms with Crippen LogP contribution in [0.3, 0.4) is 0 Å². The average Bonchev–Trinajstić information content (AvgIpc) is 2.67. The number of para-hydroxylation sites is 1. The second kappa shape index (κ2) is 8.45. The molecule has 1 saturated heterocycles. The number of hydrogen-bond acceptors (Lipinski definition) is 2. The van der Waals surface area contributed by atoms with Crippen LogP contribution in [0.5, 0.6) is 0 Å². The maximum Gasteiger partial charge on any atom is 0.318 e. The summed E-state index contributed by atoms with van der Waals surface area (Å²) in [5, 5.41) is 3.97. The van der Waals surface area contributed by atoms with E-state index in [1.807, 2.05) is 47.4 Å². The van der Waals surface area contributed by atoms with E-state index in [4.69, 9.17) is 11.6 Å². The summed E-state index contributed by atoms with van der Waals surface area (Å²) in [5.74, 6) is 0.325. The van der Waals surface area contributed by atoms with Crippen molar-refractivity contribution >= 4 is 23.3 Å². The quantitative estimate of drug-likeness (QED) is 0.854. The third-order valence-electron chi connectivity index (χ3n) is 4.86. The summed E-state index contributed by atoms with van der Waals surface area (Å²) >= 11 is 6.29. The van der Waals surface area contributed by atoms with Gasteiger partial charge in [-0.2, -0.15) is 0 Å². The van der Waals surface area contributed by atoms with Crippen molar-refractivity contribution in [2.24, 2.45) is 5.92 Å². The molecule has 3 rings (SSSR count). The Balaban J connectivity index is 1.60. The van der Waals surface area contributed by atoms with Gasteiger partial charge in [-0.15, -0.1) is 0 Å². The lowest BCUT2D eigenvalue weighted by molar-refractivity contribution is 0.186. The van der Waals surface area contributed by atoms with Gasteiger partial charge in [-0.3, -0.25) is 0 Å². The highest BCUT2D eigenvalue weighted by Gasteiger charge is 2.25. The first-order valence-corrected chi connectivity index (χ1v) is 9.54. The molecule has 0 saturated carbocycles. The van der Waals surface area contributed by atoms with E-state index >= 15 is 0 Å². The monoisotopic (exact) mass is 371 g/mol. The summed E-state index contributed by atoms with van der Waals surface area (Å²) in [6.45, 7) is 7.22. The van der Waals surface area contributed by atoms with Gasteiger partial charge in [0.05, 0.1) is 16.8 Å². The zero-order valence-electron chi connectivity index (χ0n) is 15.4. The highest BCUT2D eigenvalue weighted by molar-refractivity contribution is 6.33. The van der Waals surface area contributed by atoms with E-state index in [-0.39, 0.29) is 12.1 Å². The number of piperazine rings is 1. The maximum atomic E-state index is 12.8. The Morgan fingerprint density at radius 2 is 1.58 bits per heavy atom. The molecule has 0 bridgehead atoms. The molecule has 0 spiro atoms. The molecule has 1 fully saturated rings. The third kappa shape index (κ3) is 4.31. The maximum absolute atomic E-state index is 12.8. The van der Waals surface area contributed by atoms with Crippen molar-refractivity contribution in [2.75, 3.05) is 31.1 Å². The first kappa shape index (κ1) is 18.6. The minimum absolute atomic E-state index is 0.00589. The molecule has 1 N–H and O–H groups in total. The van der Waals surface area contributed by atoms with Gasteiger partial charge in [0.1, 0.15) is 0 Å². The number of nitrogens with one attached hydrogen (secondary N) is 1. The minimum Gasteiger partial charge on any atom is -0.367 e. The summed E-state index contributed by atoms with van der Waals surface area (Å²) in [6.07, 6.45) is 0. The van der Waals surface area contributed by atoms with Crippen molar-refractivity contribution in [3.05, 3.63) is 65.2 Å². The molecule has 1 aliphatic rings. The standard InChI is InChI=1S/C21H26ClN3O/c1-16(2)20(17-8-4-3-5-9-17)23-21(26)25-14-12-24(13-15-25)19-11-7-6-10-18(19)22/h3-11,16,20H,12-15H2,1-2H3,(H,23,26). The van der Waals surface area contributed by atoms with Crippen LogP contribution in [0.1, 0.15) is 25.5 Å². The summed E-state index contributed by atoms with van der Waals surface area (Å²) in [7, 11) is 0. The van der Waals surface area contributed by atoms with Crippen LogP contribution in [-0.2, 0) is 0 Å². The predicted octanol–water partition coefficient (Wildman–Crippen LogP) is 4.57. The lowest BCUT2D eigenvalue weighted by atomic mass is 9.96. The van der Waals surface area contributed by atoms with Gasteiger partial charge >= 0.3 is 6.03 Å². The molecule has 138 valence electrons. The highest BCUT2D eigenvalue weighted by atomic mass is 35.5. The minimum atomic E-state index is 0.00589. The molecule has 2 amide bonds. The first-order valence-electron chi connectivity index (χ1n) is 9.16. The van der Waals surface area contributed by atoms with Gasteiger partial charge in [-0.05, 0) is 23.6 Å². The van der Waals surface area contributed by atoms with E-state index in [0.717, 1.165) is 29.4 Å². The Kier molecular flexibility index (Phi) is 6.04. The molecule has 1 heterocycles. The molecule has 5 heteroatoms. The lowest BCUT2D eigenvalue weighted by Crippen LogP contribution is -2.52. The number of rotatable bonds is 4. The summed E-state index contributed by atoms with van der Waals surface area (Å²) in [4.78, 5) is 16.9. The van der Waals surface area contributed by atoms with Gasteiger partial charge in [0.25, 0.3) is 0 Å². The summed E-state index contributed by atoms with van der Waals surface area (Å²) in [5.41, 5.74) is 2.18. The normalized spacial score (nSPS) is 15.8. The Morgan fingerprint density at radius 1 is 0.962 bits per heavy atom. The third-order valence-corrected chi connectivity index (χ3v) is 5.18. The fourth-order valence-corrected chi connectivity index (χ4v) is 3.63. The molecular formula is C21H26ClN3O. The number of anilines is 1. The van der Waals surface area contributed by atoms with Crippen molar-refractivity contribution in [1.29, 1.82) is 0 Å². The van der Waals surface area contributed by atoms with Crippen LogP contribution in [-0.4, -0.2) is 37.1 Å². The van der Waals surface area contributed by atoms with Crippen LogP contribution in [0.15, 0.2) is 54.6 Å².